The molecule has 2 aliphatic heterocycles. The fourth-order valence-electron chi connectivity index (χ4n) is 5.61. The maximum Gasteiger partial charge on any atom is 0.416 e. The van der Waals surface area contributed by atoms with Crippen LogP contribution in [0.15, 0.2) is 48.5 Å². The molecule has 0 bridgehead atoms. The molecule has 0 aromatic heterocycles. The van der Waals surface area contributed by atoms with E-state index in [-0.39, 0.29) is 40.9 Å². The molecule has 34 heavy (non-hydrogen) atoms. The highest BCUT2D eigenvalue weighted by atomic mass is 19.4. The molecule has 0 unspecified atom stereocenters. The van der Waals surface area contributed by atoms with Crippen molar-refractivity contribution in [3.05, 3.63) is 71.0 Å². The van der Waals surface area contributed by atoms with Gasteiger partial charge in [-0.15, -0.1) is 0 Å². The monoisotopic (exact) mass is 476 g/mol. The van der Waals surface area contributed by atoms with E-state index in [1.807, 2.05) is 0 Å². The van der Waals surface area contributed by atoms with Crippen molar-refractivity contribution >= 4 is 11.8 Å². The first kappa shape index (κ1) is 24.2. The first-order chi connectivity index (χ1) is 16.1. The van der Waals surface area contributed by atoms with E-state index in [1.54, 1.807) is 24.0 Å². The van der Waals surface area contributed by atoms with Gasteiger partial charge in [0.25, 0.3) is 0 Å². The third-order valence-corrected chi connectivity index (χ3v) is 7.45. The molecule has 182 valence electrons. The Morgan fingerprint density at radius 2 is 1.76 bits per heavy atom. The van der Waals surface area contributed by atoms with Crippen LogP contribution < -0.4 is 5.32 Å². The first-order valence-corrected chi connectivity index (χ1v) is 11.6. The van der Waals surface area contributed by atoms with Crippen LogP contribution in [0.3, 0.4) is 0 Å². The molecule has 2 atom stereocenters. The summed E-state index contributed by atoms with van der Waals surface area (Å²) in [5, 5.41) is 2.90. The molecule has 2 heterocycles. The quantitative estimate of drug-likeness (QED) is 0.613. The topological polar surface area (TPSA) is 49.4 Å². The number of benzene rings is 2. The molecule has 2 fully saturated rings. The molecule has 2 aromatic carbocycles. The summed E-state index contributed by atoms with van der Waals surface area (Å²) in [5.74, 6) is -1.59. The minimum absolute atomic E-state index is 0.00372. The normalized spacial score (nSPS) is 21.3. The lowest BCUT2D eigenvalue weighted by atomic mass is 9.62. The number of rotatable bonds is 4. The predicted octanol–water partition coefficient (Wildman–Crippen LogP) is 5.25. The Morgan fingerprint density at radius 3 is 2.38 bits per heavy atom. The number of carbonyl (C=O) groups is 2. The Hall–Kier alpha value is -2.90. The number of halogens is 4. The smallest absolute Gasteiger partial charge is 0.355 e. The Morgan fingerprint density at radius 1 is 1.12 bits per heavy atom. The summed E-state index contributed by atoms with van der Waals surface area (Å²) in [6, 6.07) is 11.5. The molecule has 2 aromatic rings. The molecule has 2 saturated heterocycles. The van der Waals surface area contributed by atoms with Crippen LogP contribution in [0.4, 0.5) is 17.6 Å². The standard InChI is InChI=1S/C26H28F4N2O2/c1-2-19(20-5-3-4-6-21(20)26(28,29)30)24(34)32-13-11-25(12-14-32)15-23(33)31-16-22(25)17-7-9-18(27)10-8-17/h3-10,19,22H,2,11-16H2,1H3,(H,31,33)/t19-,22+/m1/s1. The third kappa shape index (κ3) is 4.68. The van der Waals surface area contributed by atoms with Gasteiger partial charge in [0.1, 0.15) is 5.82 Å². The number of nitrogens with zero attached hydrogens (tertiary/aromatic N) is 1. The van der Waals surface area contributed by atoms with Crippen LogP contribution in [-0.2, 0) is 15.8 Å². The van der Waals surface area contributed by atoms with Gasteiger partial charge in [0, 0.05) is 32.0 Å². The lowest BCUT2D eigenvalue weighted by molar-refractivity contribution is -0.140. The maximum absolute atomic E-state index is 13.6. The third-order valence-electron chi connectivity index (χ3n) is 7.45. The van der Waals surface area contributed by atoms with Crippen molar-refractivity contribution in [2.45, 2.75) is 50.6 Å². The van der Waals surface area contributed by atoms with E-state index >= 15 is 0 Å². The molecule has 1 N–H and O–H groups in total. The second-order valence-electron chi connectivity index (χ2n) is 9.32. The lowest BCUT2D eigenvalue weighted by Crippen LogP contribution is -2.53. The number of nitrogens with one attached hydrogen (secondary N) is 1. The van der Waals surface area contributed by atoms with Gasteiger partial charge in [-0.3, -0.25) is 9.59 Å². The molecule has 4 rings (SSSR count). The van der Waals surface area contributed by atoms with Crippen LogP contribution in [0.5, 0.6) is 0 Å². The minimum Gasteiger partial charge on any atom is -0.355 e. The van der Waals surface area contributed by atoms with Crippen molar-refractivity contribution in [3.63, 3.8) is 0 Å². The van der Waals surface area contributed by atoms with Gasteiger partial charge < -0.3 is 10.2 Å². The number of alkyl halides is 3. The van der Waals surface area contributed by atoms with Crippen LogP contribution in [-0.4, -0.2) is 36.3 Å². The number of hydrogen-bond acceptors (Lipinski definition) is 2. The molecule has 2 aliphatic rings. The second-order valence-corrected chi connectivity index (χ2v) is 9.32. The highest BCUT2D eigenvalue weighted by Crippen LogP contribution is 2.49. The molecule has 0 radical (unpaired) electrons. The van der Waals surface area contributed by atoms with E-state index in [2.05, 4.69) is 5.32 Å². The molecule has 8 heteroatoms. The zero-order chi connectivity index (χ0) is 24.5. The molecular weight excluding hydrogens is 448 g/mol. The van der Waals surface area contributed by atoms with E-state index < -0.39 is 17.7 Å². The maximum atomic E-state index is 13.6. The van der Waals surface area contributed by atoms with Gasteiger partial charge in [-0.2, -0.15) is 13.2 Å². The summed E-state index contributed by atoms with van der Waals surface area (Å²) in [6.45, 7) is 2.90. The molecule has 0 aliphatic carbocycles. The molecule has 2 amide bonds. The number of carbonyl (C=O) groups excluding carboxylic acids is 2. The summed E-state index contributed by atoms with van der Waals surface area (Å²) < 4.78 is 54.2. The average molecular weight is 477 g/mol. The molecule has 1 spiro atoms. The lowest BCUT2D eigenvalue weighted by Gasteiger charge is -2.49. The molecular formula is C26H28F4N2O2. The van der Waals surface area contributed by atoms with Gasteiger partial charge in [-0.05, 0) is 54.0 Å². The summed E-state index contributed by atoms with van der Waals surface area (Å²) in [7, 11) is 0. The summed E-state index contributed by atoms with van der Waals surface area (Å²) in [4.78, 5) is 27.3. The first-order valence-electron chi connectivity index (χ1n) is 11.6. The van der Waals surface area contributed by atoms with Gasteiger partial charge in [0.05, 0.1) is 11.5 Å². The summed E-state index contributed by atoms with van der Waals surface area (Å²) >= 11 is 0. The number of amides is 2. The Balaban J connectivity index is 1.54. The van der Waals surface area contributed by atoms with Crippen molar-refractivity contribution in [3.8, 4) is 0 Å². The number of hydrogen-bond donors (Lipinski definition) is 1. The highest BCUT2D eigenvalue weighted by Gasteiger charge is 2.47. The van der Waals surface area contributed by atoms with Gasteiger partial charge >= 0.3 is 6.18 Å². The number of piperidine rings is 2. The zero-order valence-electron chi connectivity index (χ0n) is 19.0. The SMILES string of the molecule is CC[C@@H](C(=O)N1CCC2(CC1)CC(=O)NC[C@H]2c1ccc(F)cc1)c1ccccc1C(F)(F)F. The fraction of sp³-hybridized carbons (Fsp3) is 0.462. The Kier molecular flexibility index (Phi) is 6.69. The van der Waals surface area contributed by atoms with Gasteiger partial charge in [0.2, 0.25) is 11.8 Å². The Labute approximate surface area is 196 Å². The largest absolute Gasteiger partial charge is 0.416 e. The van der Waals surface area contributed by atoms with E-state index in [4.69, 9.17) is 0 Å². The molecule has 4 nitrogen and oxygen atoms in total. The summed E-state index contributed by atoms with van der Waals surface area (Å²) in [5.41, 5.74) is -0.206. The second kappa shape index (κ2) is 9.39. The molecule has 0 saturated carbocycles. The van der Waals surface area contributed by atoms with Crippen molar-refractivity contribution in [2.75, 3.05) is 19.6 Å². The van der Waals surface area contributed by atoms with E-state index in [0.29, 0.717) is 38.9 Å². The van der Waals surface area contributed by atoms with Gasteiger partial charge in [0.15, 0.2) is 0 Å². The van der Waals surface area contributed by atoms with E-state index in [0.717, 1.165) is 11.6 Å². The van der Waals surface area contributed by atoms with Gasteiger partial charge in [-0.1, -0.05) is 37.3 Å². The van der Waals surface area contributed by atoms with Crippen LogP contribution in [0.2, 0.25) is 0 Å². The van der Waals surface area contributed by atoms with Crippen LogP contribution in [0.1, 0.15) is 61.1 Å². The van der Waals surface area contributed by atoms with Crippen LogP contribution in [0.25, 0.3) is 0 Å². The number of likely N-dealkylation sites (tertiary alicyclic amines) is 1. The minimum atomic E-state index is -4.53. The Bertz CT molecular complexity index is 1040. The average Bonchev–Trinajstić information content (AvgIpc) is 2.80. The predicted molar refractivity (Wildman–Crippen MR) is 119 cm³/mol. The van der Waals surface area contributed by atoms with E-state index in [9.17, 15) is 27.2 Å². The van der Waals surface area contributed by atoms with Crippen molar-refractivity contribution in [2.24, 2.45) is 5.41 Å². The van der Waals surface area contributed by atoms with Crippen molar-refractivity contribution in [1.82, 2.24) is 10.2 Å². The zero-order valence-corrected chi connectivity index (χ0v) is 19.0. The van der Waals surface area contributed by atoms with Crippen LogP contribution in [0, 0.1) is 11.2 Å². The van der Waals surface area contributed by atoms with Crippen LogP contribution >= 0.6 is 0 Å². The highest BCUT2D eigenvalue weighted by molar-refractivity contribution is 5.84. The summed E-state index contributed by atoms with van der Waals surface area (Å²) in [6.07, 6.45) is -2.84. The van der Waals surface area contributed by atoms with Gasteiger partial charge in [-0.25, -0.2) is 4.39 Å². The fourth-order valence-corrected chi connectivity index (χ4v) is 5.61. The van der Waals surface area contributed by atoms with E-state index in [1.165, 1.54) is 30.3 Å². The van der Waals surface area contributed by atoms with Crippen molar-refractivity contribution in [1.29, 1.82) is 0 Å². The van der Waals surface area contributed by atoms with Crippen molar-refractivity contribution < 1.29 is 27.2 Å².